The molecule has 0 aliphatic carbocycles. The van der Waals surface area contributed by atoms with Crippen molar-refractivity contribution in [1.82, 2.24) is 15.0 Å². The minimum Gasteiger partial charge on any atom is -0.489 e. The molecule has 3 rings (SSSR count). The molecular weight excluding hydrogens is 378 g/mol. The molecule has 1 heterocycles. The molecule has 0 amide bonds. The lowest BCUT2D eigenvalue weighted by atomic mass is 10.1. The van der Waals surface area contributed by atoms with Crippen molar-refractivity contribution in [2.45, 2.75) is 6.61 Å². The van der Waals surface area contributed by atoms with Crippen LogP contribution in [0.4, 0.5) is 11.9 Å². The van der Waals surface area contributed by atoms with Crippen LogP contribution in [0.15, 0.2) is 48.5 Å². The van der Waals surface area contributed by atoms with Crippen LogP contribution in [0.3, 0.4) is 0 Å². The fourth-order valence-electron chi connectivity index (χ4n) is 2.61. The summed E-state index contributed by atoms with van der Waals surface area (Å²) in [6.07, 6.45) is 1.66. The number of nitrogens with zero attached hydrogens (tertiary/aromatic N) is 6. The van der Waals surface area contributed by atoms with E-state index in [9.17, 15) is 5.26 Å². The van der Waals surface area contributed by atoms with Crippen molar-refractivity contribution in [3.63, 3.8) is 0 Å². The Balaban J connectivity index is 1.83. The Morgan fingerprint density at radius 1 is 1.10 bits per heavy atom. The summed E-state index contributed by atoms with van der Waals surface area (Å²) in [5, 5.41) is 18.6. The number of nitriles is 2. The molecule has 0 unspecified atom stereocenters. The highest BCUT2D eigenvalue weighted by Crippen LogP contribution is 2.21. The summed E-state index contributed by atoms with van der Waals surface area (Å²) >= 11 is 0. The Bertz CT molecular complexity index is 1170. The molecule has 0 aliphatic heterocycles. The second-order valence-electron chi connectivity index (χ2n) is 6.55. The van der Waals surface area contributed by atoms with Gasteiger partial charge in [0.2, 0.25) is 11.9 Å². The quantitative estimate of drug-likeness (QED) is 0.629. The van der Waals surface area contributed by atoms with Crippen LogP contribution in [0.25, 0.3) is 11.6 Å². The van der Waals surface area contributed by atoms with Gasteiger partial charge in [-0.2, -0.15) is 25.5 Å². The Hall–Kier alpha value is -4.43. The van der Waals surface area contributed by atoms with Gasteiger partial charge in [0.05, 0.1) is 17.2 Å². The molecule has 2 N–H and O–H groups in total. The number of hydrogen-bond donors (Lipinski definition) is 1. The number of allylic oxidation sites excluding steroid dienone is 1. The molecular formula is C22H19N7O. The van der Waals surface area contributed by atoms with E-state index in [1.165, 1.54) is 0 Å². The summed E-state index contributed by atoms with van der Waals surface area (Å²) in [5.74, 6) is 1.25. The van der Waals surface area contributed by atoms with Gasteiger partial charge in [-0.05, 0) is 41.5 Å². The van der Waals surface area contributed by atoms with Crippen molar-refractivity contribution in [2.75, 3.05) is 24.7 Å². The predicted molar refractivity (Wildman–Crippen MR) is 114 cm³/mol. The molecule has 0 atom stereocenters. The smallest absolute Gasteiger partial charge is 0.230 e. The molecule has 3 aromatic rings. The van der Waals surface area contributed by atoms with E-state index in [-0.39, 0.29) is 17.3 Å². The van der Waals surface area contributed by atoms with E-state index in [1.54, 1.807) is 37.2 Å². The fraction of sp³-hybridized carbons (Fsp3) is 0.136. The van der Waals surface area contributed by atoms with Crippen LogP contribution in [0.5, 0.6) is 5.75 Å². The van der Waals surface area contributed by atoms with Crippen molar-refractivity contribution in [3.8, 4) is 17.9 Å². The average molecular weight is 397 g/mol. The SMILES string of the molecule is CN(C)c1nc(N)nc(C(C#N)=Cc2cccc(OCc3cccc(C#N)c3)c2)n1. The van der Waals surface area contributed by atoms with Crippen LogP contribution >= 0.6 is 0 Å². The summed E-state index contributed by atoms with van der Waals surface area (Å²) in [6, 6.07) is 18.8. The summed E-state index contributed by atoms with van der Waals surface area (Å²) < 4.78 is 5.83. The minimum absolute atomic E-state index is 0.0431. The number of aromatic nitrogens is 3. The van der Waals surface area contributed by atoms with Gasteiger partial charge >= 0.3 is 0 Å². The third-order valence-electron chi connectivity index (χ3n) is 4.03. The molecule has 0 saturated carbocycles. The molecule has 148 valence electrons. The third kappa shape index (κ3) is 5.09. The summed E-state index contributed by atoms with van der Waals surface area (Å²) in [5.41, 5.74) is 8.24. The highest BCUT2D eigenvalue weighted by molar-refractivity contribution is 5.87. The number of nitrogen functional groups attached to an aromatic ring is 1. The van der Waals surface area contributed by atoms with Gasteiger partial charge in [0.25, 0.3) is 0 Å². The second-order valence-corrected chi connectivity index (χ2v) is 6.55. The Kier molecular flexibility index (Phi) is 6.21. The van der Waals surface area contributed by atoms with Gasteiger partial charge in [-0.15, -0.1) is 0 Å². The zero-order valence-electron chi connectivity index (χ0n) is 16.6. The van der Waals surface area contributed by atoms with Crippen LogP contribution in [0, 0.1) is 22.7 Å². The van der Waals surface area contributed by atoms with Crippen molar-refractivity contribution in [1.29, 1.82) is 10.5 Å². The van der Waals surface area contributed by atoms with E-state index in [0.29, 0.717) is 23.9 Å². The normalized spacial score (nSPS) is 10.7. The number of rotatable bonds is 6. The van der Waals surface area contributed by atoms with Gasteiger partial charge < -0.3 is 15.4 Å². The van der Waals surface area contributed by atoms with Crippen molar-refractivity contribution in [3.05, 3.63) is 71.0 Å². The molecule has 0 spiro atoms. The summed E-state index contributed by atoms with van der Waals surface area (Å²) in [4.78, 5) is 14.1. The van der Waals surface area contributed by atoms with Crippen LogP contribution < -0.4 is 15.4 Å². The van der Waals surface area contributed by atoms with E-state index < -0.39 is 0 Å². The maximum absolute atomic E-state index is 9.60. The first-order valence-electron chi connectivity index (χ1n) is 9.01. The first kappa shape index (κ1) is 20.3. The van der Waals surface area contributed by atoms with Gasteiger partial charge in [0.15, 0.2) is 5.82 Å². The molecule has 0 bridgehead atoms. The molecule has 0 fully saturated rings. The number of ether oxygens (including phenoxy) is 1. The van der Waals surface area contributed by atoms with Crippen LogP contribution in [0.1, 0.15) is 22.5 Å². The Morgan fingerprint density at radius 3 is 2.63 bits per heavy atom. The maximum atomic E-state index is 9.60. The lowest BCUT2D eigenvalue weighted by Crippen LogP contribution is -2.15. The van der Waals surface area contributed by atoms with E-state index in [2.05, 4.69) is 27.1 Å². The topological polar surface area (TPSA) is 125 Å². The van der Waals surface area contributed by atoms with Crippen molar-refractivity contribution < 1.29 is 4.74 Å². The molecule has 0 aliphatic rings. The molecule has 0 saturated heterocycles. The zero-order chi connectivity index (χ0) is 21.5. The number of anilines is 2. The summed E-state index contributed by atoms with van der Waals surface area (Å²) in [7, 11) is 3.56. The van der Waals surface area contributed by atoms with Crippen LogP contribution in [0.2, 0.25) is 0 Å². The lowest BCUT2D eigenvalue weighted by molar-refractivity contribution is 0.306. The number of hydrogen-bond acceptors (Lipinski definition) is 8. The van der Waals surface area contributed by atoms with E-state index in [4.69, 9.17) is 15.7 Å². The van der Waals surface area contributed by atoms with Crippen LogP contribution in [-0.4, -0.2) is 29.0 Å². The predicted octanol–water partition coefficient (Wildman–Crippen LogP) is 3.03. The maximum Gasteiger partial charge on any atom is 0.230 e. The number of nitrogens with two attached hydrogens (primary N) is 1. The van der Waals surface area contributed by atoms with Gasteiger partial charge in [-0.25, -0.2) is 0 Å². The molecule has 0 radical (unpaired) electrons. The number of benzene rings is 2. The molecule has 8 heteroatoms. The third-order valence-corrected chi connectivity index (χ3v) is 4.03. The van der Waals surface area contributed by atoms with E-state index >= 15 is 0 Å². The first-order chi connectivity index (χ1) is 14.5. The molecule has 30 heavy (non-hydrogen) atoms. The molecule has 2 aromatic carbocycles. The zero-order valence-corrected chi connectivity index (χ0v) is 16.6. The molecule has 8 nitrogen and oxygen atoms in total. The van der Waals surface area contributed by atoms with E-state index in [0.717, 1.165) is 11.1 Å². The van der Waals surface area contributed by atoms with E-state index in [1.807, 2.05) is 36.4 Å². The monoisotopic (exact) mass is 397 g/mol. The molecule has 1 aromatic heterocycles. The largest absolute Gasteiger partial charge is 0.489 e. The van der Waals surface area contributed by atoms with Gasteiger partial charge in [-0.3, -0.25) is 0 Å². The highest BCUT2D eigenvalue weighted by Gasteiger charge is 2.11. The van der Waals surface area contributed by atoms with Gasteiger partial charge in [0, 0.05) is 14.1 Å². The van der Waals surface area contributed by atoms with Crippen molar-refractivity contribution >= 4 is 23.5 Å². The minimum atomic E-state index is 0.0431. The Morgan fingerprint density at radius 2 is 1.90 bits per heavy atom. The van der Waals surface area contributed by atoms with Gasteiger partial charge in [0.1, 0.15) is 18.4 Å². The standard InChI is InChI=1S/C22H19N7O/c1-29(2)22-27-20(26-21(25)28-22)18(13-24)10-15-5-4-8-19(11-15)30-14-17-7-3-6-16(9-17)12-23/h3-11H,14H2,1-2H3,(H2,25,26,27,28). The average Bonchev–Trinajstić information content (AvgIpc) is 2.76. The highest BCUT2D eigenvalue weighted by atomic mass is 16.5. The van der Waals surface area contributed by atoms with Crippen LogP contribution in [-0.2, 0) is 6.61 Å². The Labute approximate surface area is 174 Å². The van der Waals surface area contributed by atoms with Gasteiger partial charge in [-0.1, -0.05) is 24.3 Å². The summed E-state index contributed by atoms with van der Waals surface area (Å²) in [6.45, 7) is 0.323. The fourth-order valence-corrected chi connectivity index (χ4v) is 2.61. The second kappa shape index (κ2) is 9.18. The first-order valence-corrected chi connectivity index (χ1v) is 9.01. The van der Waals surface area contributed by atoms with Crippen molar-refractivity contribution in [2.24, 2.45) is 0 Å². The lowest BCUT2D eigenvalue weighted by Gasteiger charge is -2.11.